The van der Waals surface area contributed by atoms with Gasteiger partial charge in [0.2, 0.25) is 11.9 Å². The van der Waals surface area contributed by atoms with Crippen molar-refractivity contribution in [1.82, 2.24) is 24.4 Å². The third-order valence-electron chi connectivity index (χ3n) is 5.27. The number of aromatic nitrogens is 5. The minimum Gasteiger partial charge on any atom is -0.456 e. The van der Waals surface area contributed by atoms with Crippen LogP contribution in [-0.2, 0) is 18.0 Å². The average Bonchev–Trinajstić information content (AvgIpc) is 3.45. The van der Waals surface area contributed by atoms with Gasteiger partial charge < -0.3 is 10.1 Å². The molecule has 180 valence electrons. The molecule has 0 atom stereocenters. The third kappa shape index (κ3) is 4.78. The fourth-order valence-electron chi connectivity index (χ4n) is 3.45. The minimum atomic E-state index is -4.73. The maximum absolute atomic E-state index is 13.3. The Balaban J connectivity index is 1.30. The monoisotopic (exact) mass is 485 g/mol. The molecule has 10 nitrogen and oxygen atoms in total. The number of pyridine rings is 1. The van der Waals surface area contributed by atoms with Crippen LogP contribution in [0.3, 0.4) is 0 Å². The Morgan fingerprint density at radius 3 is 2.66 bits per heavy atom. The molecule has 0 saturated heterocycles. The Bertz CT molecular complexity index is 1440. The zero-order valence-corrected chi connectivity index (χ0v) is 18.2. The second-order valence-corrected chi connectivity index (χ2v) is 7.98. The third-order valence-corrected chi connectivity index (χ3v) is 5.27. The van der Waals surface area contributed by atoms with Gasteiger partial charge in [0.15, 0.2) is 11.3 Å². The van der Waals surface area contributed by atoms with Gasteiger partial charge in [-0.05, 0) is 37.1 Å². The summed E-state index contributed by atoms with van der Waals surface area (Å²) in [6.07, 6.45) is -0.576. The number of alkyl halides is 3. The quantitative estimate of drug-likeness (QED) is 0.428. The molecule has 1 aliphatic carbocycles. The highest BCUT2D eigenvalue weighted by Gasteiger charge is 2.39. The highest BCUT2D eigenvalue weighted by atomic mass is 19.4. The zero-order valence-electron chi connectivity index (χ0n) is 18.2. The summed E-state index contributed by atoms with van der Waals surface area (Å²) in [7, 11) is 1.12. The van der Waals surface area contributed by atoms with E-state index in [0.717, 1.165) is 26.1 Å². The molecule has 5 rings (SSSR count). The first-order valence-corrected chi connectivity index (χ1v) is 10.5. The number of anilines is 2. The number of carbonyl (C=O) groups is 2. The van der Waals surface area contributed by atoms with Crippen LogP contribution in [0.15, 0.2) is 48.8 Å². The Labute approximate surface area is 195 Å². The van der Waals surface area contributed by atoms with Crippen LogP contribution in [-0.4, -0.2) is 36.2 Å². The topological polar surface area (TPSA) is 115 Å². The molecule has 0 bridgehead atoms. The maximum atomic E-state index is 13.3. The van der Waals surface area contributed by atoms with Gasteiger partial charge >= 0.3 is 6.18 Å². The van der Waals surface area contributed by atoms with Gasteiger partial charge in [-0.3, -0.25) is 19.6 Å². The van der Waals surface area contributed by atoms with Gasteiger partial charge in [-0.2, -0.15) is 23.3 Å². The number of amides is 2. The van der Waals surface area contributed by atoms with Crippen LogP contribution in [0.25, 0.3) is 5.65 Å². The summed E-state index contributed by atoms with van der Waals surface area (Å²) in [5.41, 5.74) is -0.999. The largest absolute Gasteiger partial charge is 0.456 e. The van der Waals surface area contributed by atoms with E-state index in [1.54, 1.807) is 30.5 Å². The van der Waals surface area contributed by atoms with Crippen LogP contribution in [0, 0.1) is 5.92 Å². The van der Waals surface area contributed by atoms with E-state index in [9.17, 15) is 22.8 Å². The predicted octanol–water partition coefficient (Wildman–Crippen LogP) is 3.87. The number of carbonyl (C=O) groups excluding carboxylic acids is 2. The molecule has 0 spiro atoms. The molecule has 2 N–H and O–H groups in total. The Morgan fingerprint density at radius 2 is 1.91 bits per heavy atom. The lowest BCUT2D eigenvalue weighted by Crippen LogP contribution is -2.20. The van der Waals surface area contributed by atoms with Crippen molar-refractivity contribution in [1.29, 1.82) is 0 Å². The highest BCUT2D eigenvalue weighted by Crippen LogP contribution is 2.32. The Kier molecular flexibility index (Phi) is 5.38. The molecule has 3 aromatic heterocycles. The molecule has 0 radical (unpaired) electrons. The van der Waals surface area contributed by atoms with Crippen molar-refractivity contribution in [3.63, 3.8) is 0 Å². The Morgan fingerprint density at radius 1 is 1.11 bits per heavy atom. The molecule has 13 heteroatoms. The van der Waals surface area contributed by atoms with E-state index >= 15 is 0 Å². The summed E-state index contributed by atoms with van der Waals surface area (Å²) < 4.78 is 47.7. The number of benzene rings is 1. The predicted molar refractivity (Wildman–Crippen MR) is 117 cm³/mol. The van der Waals surface area contributed by atoms with Crippen LogP contribution < -0.4 is 15.4 Å². The highest BCUT2D eigenvalue weighted by molar-refractivity contribution is 6.05. The zero-order chi connectivity index (χ0) is 24.7. The van der Waals surface area contributed by atoms with E-state index in [4.69, 9.17) is 4.74 Å². The molecule has 1 aliphatic rings. The number of ether oxygens (including phenoxy) is 1. The van der Waals surface area contributed by atoms with Crippen LogP contribution in [0.4, 0.5) is 24.8 Å². The first-order chi connectivity index (χ1) is 16.7. The number of hydrogen-bond acceptors (Lipinski definition) is 6. The molecule has 4 aromatic rings. The summed E-state index contributed by atoms with van der Waals surface area (Å²) in [6, 6.07) is 9.49. The fraction of sp³-hybridized carbons (Fsp3) is 0.227. The van der Waals surface area contributed by atoms with Gasteiger partial charge in [-0.1, -0.05) is 6.07 Å². The number of hydrogen-bond donors (Lipinski definition) is 2. The molecule has 1 fully saturated rings. The van der Waals surface area contributed by atoms with E-state index in [2.05, 4.69) is 25.8 Å². The van der Waals surface area contributed by atoms with Crippen LogP contribution in [0.5, 0.6) is 11.5 Å². The van der Waals surface area contributed by atoms with Crippen LogP contribution >= 0.6 is 0 Å². The van der Waals surface area contributed by atoms with E-state index in [1.165, 1.54) is 16.6 Å². The van der Waals surface area contributed by atoms with Gasteiger partial charge in [-0.15, -0.1) is 5.10 Å². The van der Waals surface area contributed by atoms with Crippen molar-refractivity contribution in [3.8, 4) is 11.5 Å². The van der Waals surface area contributed by atoms with Crippen molar-refractivity contribution in [2.45, 2.75) is 19.0 Å². The maximum Gasteiger partial charge on any atom is 0.433 e. The van der Waals surface area contributed by atoms with Crippen molar-refractivity contribution in [2.75, 3.05) is 10.6 Å². The van der Waals surface area contributed by atoms with E-state index in [-0.39, 0.29) is 23.5 Å². The molecule has 2 amide bonds. The van der Waals surface area contributed by atoms with E-state index in [1.807, 2.05) is 0 Å². The number of halogens is 3. The molecular weight excluding hydrogens is 467 g/mol. The molecule has 35 heavy (non-hydrogen) atoms. The van der Waals surface area contributed by atoms with Gasteiger partial charge in [0.05, 0.1) is 18.0 Å². The lowest BCUT2D eigenvalue weighted by Gasteiger charge is -2.11. The molecule has 1 saturated carbocycles. The number of aryl methyl sites for hydroxylation is 1. The standard InChI is InChI=1S/C22H18F3N7O3/c1-31-18(22(23,24)25)16(10-26-31)20(34)27-13-3-2-4-14(9-13)35-15-7-8-17-28-21(30-32(17)11-15)29-19(33)12-5-6-12/h2-4,7-12H,5-6H2,1H3,(H,27,34)(H,29,30,33). The molecule has 0 aliphatic heterocycles. The molecule has 3 heterocycles. The number of nitrogens with zero attached hydrogens (tertiary/aromatic N) is 5. The van der Waals surface area contributed by atoms with Gasteiger partial charge in [-0.25, -0.2) is 4.52 Å². The van der Waals surface area contributed by atoms with Gasteiger partial charge in [0, 0.05) is 24.7 Å². The van der Waals surface area contributed by atoms with Gasteiger partial charge in [0.1, 0.15) is 11.5 Å². The minimum absolute atomic E-state index is 0.0199. The second kappa shape index (κ2) is 8.42. The number of nitrogens with one attached hydrogen (secondary N) is 2. The summed E-state index contributed by atoms with van der Waals surface area (Å²) in [6.45, 7) is 0. The van der Waals surface area contributed by atoms with Crippen molar-refractivity contribution in [2.24, 2.45) is 13.0 Å². The summed E-state index contributed by atoms with van der Waals surface area (Å²) in [5.74, 6) is -0.134. The normalized spacial score (nSPS) is 13.6. The molecule has 1 aromatic carbocycles. The van der Waals surface area contributed by atoms with E-state index < -0.39 is 23.3 Å². The molecule has 0 unspecified atom stereocenters. The van der Waals surface area contributed by atoms with Gasteiger partial charge in [0.25, 0.3) is 5.91 Å². The lowest BCUT2D eigenvalue weighted by molar-refractivity contribution is -0.144. The Hall–Kier alpha value is -4.42. The first kappa shape index (κ1) is 22.4. The van der Waals surface area contributed by atoms with Crippen molar-refractivity contribution < 1.29 is 27.5 Å². The van der Waals surface area contributed by atoms with Crippen LogP contribution in [0.1, 0.15) is 28.9 Å². The molecular formula is C22H18F3N7O3. The summed E-state index contributed by atoms with van der Waals surface area (Å²) >= 11 is 0. The smallest absolute Gasteiger partial charge is 0.433 e. The lowest BCUT2D eigenvalue weighted by atomic mass is 10.2. The number of rotatable bonds is 6. The SMILES string of the molecule is Cn1ncc(C(=O)Nc2cccc(Oc3ccc4nc(NC(=O)C5CC5)nn4c3)c2)c1C(F)(F)F. The summed E-state index contributed by atoms with van der Waals surface area (Å²) in [4.78, 5) is 28.6. The van der Waals surface area contributed by atoms with Crippen molar-refractivity contribution in [3.05, 3.63) is 60.0 Å². The number of fused-ring (bicyclic) bond motifs is 1. The van der Waals surface area contributed by atoms with E-state index in [0.29, 0.717) is 21.8 Å². The van der Waals surface area contributed by atoms with Crippen LogP contribution in [0.2, 0.25) is 0 Å². The first-order valence-electron chi connectivity index (χ1n) is 10.5. The average molecular weight is 485 g/mol. The summed E-state index contributed by atoms with van der Waals surface area (Å²) in [5, 5.41) is 12.9. The second-order valence-electron chi connectivity index (χ2n) is 7.98. The fourth-order valence-corrected chi connectivity index (χ4v) is 3.45. The van der Waals surface area contributed by atoms with Crippen molar-refractivity contribution >= 4 is 29.1 Å².